The summed E-state index contributed by atoms with van der Waals surface area (Å²) in [7, 11) is 0. The molecule has 2 aromatic heterocycles. The average Bonchev–Trinajstić information content (AvgIpc) is 3.77. The Morgan fingerprint density at radius 3 is 2.23 bits per heavy atom. The molecule has 258 valence electrons. The van der Waals surface area contributed by atoms with E-state index in [1.54, 1.807) is 10.8 Å². The van der Waals surface area contributed by atoms with E-state index in [9.17, 15) is 24.3 Å². The number of aliphatic hydroxyl groups excluding tert-OH is 1. The van der Waals surface area contributed by atoms with Crippen molar-refractivity contribution in [3.05, 3.63) is 68.1 Å². The van der Waals surface area contributed by atoms with Gasteiger partial charge in [-0.25, -0.2) is 9.97 Å². The molecule has 2 aliphatic rings. The maximum Gasteiger partial charge on any atom is 0.271 e. The third-order valence-corrected chi connectivity index (χ3v) is 10.7. The monoisotopic (exact) mass is 694 g/mol. The number of carbonyl (C=O) groups is 4. The minimum absolute atomic E-state index is 0.0470. The van der Waals surface area contributed by atoms with E-state index in [4.69, 9.17) is 0 Å². The Kier molecular flexibility index (Phi) is 12.7. The molecule has 1 saturated carbocycles. The van der Waals surface area contributed by atoms with Crippen LogP contribution < -0.4 is 16.0 Å². The first-order valence-corrected chi connectivity index (χ1v) is 18.7. The molecule has 0 radical (unpaired) electrons. The van der Waals surface area contributed by atoms with Crippen LogP contribution in [0.2, 0.25) is 0 Å². The van der Waals surface area contributed by atoms with Crippen molar-refractivity contribution in [3.8, 4) is 0 Å². The molecule has 48 heavy (non-hydrogen) atoms. The second kappa shape index (κ2) is 17.1. The van der Waals surface area contributed by atoms with Crippen LogP contribution in [-0.2, 0) is 16.0 Å². The van der Waals surface area contributed by atoms with Gasteiger partial charge in [-0.15, -0.1) is 22.7 Å². The SMILES string of the molecule is CC(C)C[C@@H]1NC(=O)CCCN(C(=O)C2CCC(O)CC2)CCCNC(=O)c2csc(n2)[C@H](Cc2ccccc2)NC(=O)c2csc1n2. The standard InChI is InChI=1S/C35H46N6O5S2/c1-22(2)18-26-33-40-29(21-48-33)32(45)38-27(19-23-8-4-3-5-9-23)34-39-28(20-47-34)31(44)36-15-7-17-41(16-6-10-30(43)37-26)35(46)24-11-13-25(42)14-12-24/h3-5,8-9,20-22,24-27,42H,6-7,10-19H2,1-2H3,(H,36,44)(H,37,43)(H,38,45)/t24?,25?,26-,27-/m0/s1. The Hall–Kier alpha value is -3.68. The van der Waals surface area contributed by atoms with E-state index in [-0.39, 0.29) is 65.4 Å². The molecule has 1 aromatic carbocycles. The fourth-order valence-corrected chi connectivity index (χ4v) is 7.96. The number of hydrogen-bond acceptors (Lipinski definition) is 9. The van der Waals surface area contributed by atoms with Gasteiger partial charge in [0.05, 0.1) is 18.2 Å². The predicted octanol–water partition coefficient (Wildman–Crippen LogP) is 4.81. The molecule has 0 unspecified atom stereocenters. The summed E-state index contributed by atoms with van der Waals surface area (Å²) < 4.78 is 0. The molecule has 1 aliphatic carbocycles. The Morgan fingerprint density at radius 2 is 1.54 bits per heavy atom. The smallest absolute Gasteiger partial charge is 0.271 e. The molecular weight excluding hydrogens is 649 g/mol. The van der Waals surface area contributed by atoms with E-state index in [1.807, 2.05) is 35.2 Å². The van der Waals surface area contributed by atoms with Crippen LogP contribution in [0.5, 0.6) is 0 Å². The van der Waals surface area contributed by atoms with Crippen LogP contribution >= 0.6 is 22.7 Å². The predicted molar refractivity (Wildman–Crippen MR) is 186 cm³/mol. The molecule has 4 amide bonds. The van der Waals surface area contributed by atoms with Crippen molar-refractivity contribution in [1.29, 1.82) is 0 Å². The van der Waals surface area contributed by atoms with Crippen LogP contribution in [0.3, 0.4) is 0 Å². The van der Waals surface area contributed by atoms with Gasteiger partial charge >= 0.3 is 0 Å². The largest absolute Gasteiger partial charge is 0.393 e. The van der Waals surface area contributed by atoms with Crippen molar-refractivity contribution in [1.82, 2.24) is 30.8 Å². The minimum Gasteiger partial charge on any atom is -0.393 e. The van der Waals surface area contributed by atoms with Crippen LogP contribution in [0.4, 0.5) is 0 Å². The van der Waals surface area contributed by atoms with Crippen molar-refractivity contribution in [2.75, 3.05) is 19.6 Å². The van der Waals surface area contributed by atoms with Gasteiger partial charge in [0.1, 0.15) is 21.4 Å². The van der Waals surface area contributed by atoms with Gasteiger partial charge in [-0.3, -0.25) is 19.2 Å². The van der Waals surface area contributed by atoms with Crippen molar-refractivity contribution in [3.63, 3.8) is 0 Å². The Bertz CT molecular complexity index is 1530. The van der Waals surface area contributed by atoms with Crippen LogP contribution in [0.15, 0.2) is 41.1 Å². The number of nitrogens with zero attached hydrogens (tertiary/aromatic N) is 3. The first kappa shape index (κ1) is 35.6. The van der Waals surface area contributed by atoms with Crippen LogP contribution in [0, 0.1) is 11.8 Å². The summed E-state index contributed by atoms with van der Waals surface area (Å²) in [6, 6.07) is 8.95. The highest BCUT2D eigenvalue weighted by Crippen LogP contribution is 2.28. The third kappa shape index (κ3) is 9.93. The number of rotatable bonds is 5. The van der Waals surface area contributed by atoms with Gasteiger partial charge in [0, 0.05) is 42.7 Å². The third-order valence-electron chi connectivity index (χ3n) is 8.82. The van der Waals surface area contributed by atoms with Crippen LogP contribution in [0.25, 0.3) is 0 Å². The van der Waals surface area contributed by atoms with E-state index in [0.29, 0.717) is 81.0 Å². The number of aromatic nitrogens is 2. The Labute approximate surface area is 289 Å². The number of carbonyl (C=O) groups excluding carboxylic acids is 4. The van der Waals surface area contributed by atoms with Gasteiger partial charge in [-0.05, 0) is 62.8 Å². The summed E-state index contributed by atoms with van der Waals surface area (Å²) in [6.45, 7) is 5.39. The molecule has 3 heterocycles. The summed E-state index contributed by atoms with van der Waals surface area (Å²) in [5.41, 5.74) is 1.55. The lowest BCUT2D eigenvalue weighted by atomic mass is 9.86. The molecule has 11 nitrogen and oxygen atoms in total. The van der Waals surface area contributed by atoms with Crippen molar-refractivity contribution < 1.29 is 24.3 Å². The molecule has 4 N–H and O–H groups in total. The highest BCUT2D eigenvalue weighted by Gasteiger charge is 2.29. The Balaban J connectivity index is 1.38. The van der Waals surface area contributed by atoms with Gasteiger partial charge in [0.2, 0.25) is 11.8 Å². The lowest BCUT2D eigenvalue weighted by Gasteiger charge is -2.31. The highest BCUT2D eigenvalue weighted by atomic mass is 32.1. The lowest BCUT2D eigenvalue weighted by molar-refractivity contribution is -0.137. The van der Waals surface area contributed by atoms with Gasteiger partial charge in [-0.1, -0.05) is 44.2 Å². The van der Waals surface area contributed by atoms with Crippen LogP contribution in [-0.4, -0.2) is 69.3 Å². The fraction of sp³-hybridized carbons (Fsp3) is 0.543. The second-order valence-electron chi connectivity index (χ2n) is 13.2. The molecule has 4 bridgehead atoms. The second-order valence-corrected chi connectivity index (χ2v) is 14.9. The molecule has 1 fully saturated rings. The van der Waals surface area contributed by atoms with Crippen molar-refractivity contribution in [2.24, 2.45) is 11.8 Å². The fourth-order valence-electron chi connectivity index (χ4n) is 6.25. The minimum atomic E-state index is -0.489. The summed E-state index contributed by atoms with van der Waals surface area (Å²) in [6.07, 6.45) is 4.59. The molecule has 0 spiro atoms. The molecular formula is C35H46N6O5S2. The lowest BCUT2D eigenvalue weighted by Crippen LogP contribution is -2.41. The zero-order valence-electron chi connectivity index (χ0n) is 27.7. The van der Waals surface area contributed by atoms with Crippen molar-refractivity contribution >= 4 is 46.3 Å². The molecule has 13 heteroatoms. The molecule has 2 atom stereocenters. The van der Waals surface area contributed by atoms with E-state index >= 15 is 0 Å². The summed E-state index contributed by atoms with van der Waals surface area (Å²) in [5.74, 6) is -0.615. The molecule has 3 aromatic rings. The van der Waals surface area contributed by atoms with Crippen molar-refractivity contribution in [2.45, 2.75) is 89.8 Å². The number of aliphatic hydroxyl groups is 1. The number of thiazole rings is 2. The normalized spacial score (nSPS) is 23.5. The maximum atomic E-state index is 13.6. The maximum absolute atomic E-state index is 13.6. The Morgan fingerprint density at radius 1 is 0.896 bits per heavy atom. The zero-order chi connectivity index (χ0) is 34.0. The first-order chi connectivity index (χ1) is 23.2. The number of fused-ring (bicyclic) bond motifs is 4. The topological polar surface area (TPSA) is 154 Å². The molecule has 1 aliphatic heterocycles. The van der Waals surface area contributed by atoms with E-state index in [0.717, 1.165) is 5.56 Å². The first-order valence-electron chi connectivity index (χ1n) is 17.0. The average molecular weight is 695 g/mol. The van der Waals surface area contributed by atoms with E-state index in [1.165, 1.54) is 22.7 Å². The highest BCUT2D eigenvalue weighted by molar-refractivity contribution is 7.10. The summed E-state index contributed by atoms with van der Waals surface area (Å²) in [5, 5.41) is 23.8. The van der Waals surface area contributed by atoms with E-state index < -0.39 is 6.04 Å². The van der Waals surface area contributed by atoms with Gasteiger partial charge in [-0.2, -0.15) is 0 Å². The summed E-state index contributed by atoms with van der Waals surface area (Å²) >= 11 is 2.66. The molecule has 5 rings (SSSR count). The molecule has 0 saturated heterocycles. The number of amides is 4. The van der Waals surface area contributed by atoms with Gasteiger partial charge < -0.3 is 26.0 Å². The van der Waals surface area contributed by atoms with Crippen LogP contribution in [0.1, 0.15) is 114 Å². The van der Waals surface area contributed by atoms with Gasteiger partial charge in [0.15, 0.2) is 0 Å². The zero-order valence-corrected chi connectivity index (χ0v) is 29.3. The number of hydrogen-bond donors (Lipinski definition) is 4. The van der Waals surface area contributed by atoms with Gasteiger partial charge in [0.25, 0.3) is 11.8 Å². The summed E-state index contributed by atoms with van der Waals surface area (Å²) in [4.78, 5) is 64.5. The van der Waals surface area contributed by atoms with E-state index in [2.05, 4.69) is 39.8 Å². The number of nitrogens with one attached hydrogen (secondary N) is 3. The quantitative estimate of drug-likeness (QED) is 0.299. The number of benzene rings is 1.